The normalized spacial score (nSPS) is 22.1. The molecule has 0 atom stereocenters. The Hall–Kier alpha value is -0.870. The van der Waals surface area contributed by atoms with Gasteiger partial charge in [0.05, 0.1) is 12.0 Å². The molecule has 2 aliphatic rings. The van der Waals surface area contributed by atoms with E-state index in [1.54, 1.807) is 0 Å². The van der Waals surface area contributed by atoms with Gasteiger partial charge in [-0.2, -0.15) is 0 Å². The molecule has 3 rings (SSSR count). The van der Waals surface area contributed by atoms with Crippen molar-refractivity contribution in [2.75, 3.05) is 39.8 Å². The number of piperazine rings is 1. The molecule has 2 heterocycles. The van der Waals surface area contributed by atoms with E-state index in [0.717, 1.165) is 6.54 Å². The lowest BCUT2D eigenvalue weighted by molar-refractivity contribution is 0.150. The third kappa shape index (κ3) is 2.59. The van der Waals surface area contributed by atoms with Crippen molar-refractivity contribution in [3.05, 3.63) is 17.7 Å². The quantitative estimate of drug-likeness (QED) is 0.798. The predicted molar refractivity (Wildman–Crippen MR) is 72.8 cm³/mol. The van der Waals surface area contributed by atoms with Gasteiger partial charge in [0.15, 0.2) is 0 Å². The Morgan fingerprint density at radius 3 is 2.67 bits per heavy atom. The zero-order valence-corrected chi connectivity index (χ0v) is 11.4. The number of likely N-dealkylation sites (N-methyl/N-ethyl adjacent to an activating group) is 1. The molecule has 0 saturated carbocycles. The molecular formula is C14H24N4. The molecule has 100 valence electrons. The lowest BCUT2D eigenvalue weighted by Gasteiger charge is -2.32. The van der Waals surface area contributed by atoms with Gasteiger partial charge in [0, 0.05) is 45.0 Å². The maximum atomic E-state index is 4.57. The van der Waals surface area contributed by atoms with E-state index < -0.39 is 0 Å². The second-order valence-electron chi connectivity index (χ2n) is 5.68. The van der Waals surface area contributed by atoms with Crippen molar-refractivity contribution >= 4 is 0 Å². The van der Waals surface area contributed by atoms with Crippen molar-refractivity contribution in [1.29, 1.82) is 0 Å². The first-order valence-corrected chi connectivity index (χ1v) is 7.27. The van der Waals surface area contributed by atoms with Crippen LogP contribution in [-0.4, -0.2) is 59.1 Å². The summed E-state index contributed by atoms with van der Waals surface area (Å²) in [5, 5.41) is 0. The molecule has 1 aromatic rings. The monoisotopic (exact) mass is 248 g/mol. The molecule has 18 heavy (non-hydrogen) atoms. The van der Waals surface area contributed by atoms with Crippen LogP contribution in [0.4, 0.5) is 0 Å². The van der Waals surface area contributed by atoms with E-state index in [4.69, 9.17) is 0 Å². The van der Waals surface area contributed by atoms with Gasteiger partial charge in [0.2, 0.25) is 0 Å². The molecule has 1 aliphatic heterocycles. The van der Waals surface area contributed by atoms with E-state index in [1.807, 2.05) is 0 Å². The molecule has 1 aromatic heterocycles. The summed E-state index contributed by atoms with van der Waals surface area (Å²) in [4.78, 5) is 9.56. The Bertz CT molecular complexity index is 390. The summed E-state index contributed by atoms with van der Waals surface area (Å²) >= 11 is 0. The van der Waals surface area contributed by atoms with Gasteiger partial charge in [-0.1, -0.05) is 0 Å². The minimum absolute atomic E-state index is 1.12. The molecule has 4 nitrogen and oxygen atoms in total. The number of aryl methyl sites for hydroxylation is 1. The van der Waals surface area contributed by atoms with Gasteiger partial charge >= 0.3 is 0 Å². The third-order valence-corrected chi connectivity index (χ3v) is 4.36. The van der Waals surface area contributed by atoms with E-state index in [0.29, 0.717) is 0 Å². The second kappa shape index (κ2) is 5.41. The van der Waals surface area contributed by atoms with Crippen LogP contribution in [0.5, 0.6) is 0 Å². The Morgan fingerprint density at radius 1 is 1.06 bits per heavy atom. The maximum absolute atomic E-state index is 4.57. The van der Waals surface area contributed by atoms with Gasteiger partial charge in [0.25, 0.3) is 0 Å². The summed E-state index contributed by atoms with van der Waals surface area (Å²) in [6.07, 6.45) is 7.15. The average molecular weight is 248 g/mol. The zero-order valence-electron chi connectivity index (χ0n) is 11.4. The van der Waals surface area contributed by atoms with E-state index in [2.05, 4.69) is 32.7 Å². The SMILES string of the molecule is CN1CCN(CCn2cnc3c2CCCC3)CC1. The van der Waals surface area contributed by atoms with Gasteiger partial charge in [-0.05, 0) is 32.7 Å². The first-order valence-electron chi connectivity index (χ1n) is 7.27. The molecule has 1 aliphatic carbocycles. The lowest BCUT2D eigenvalue weighted by atomic mass is 10.0. The topological polar surface area (TPSA) is 24.3 Å². The predicted octanol–water partition coefficient (Wildman–Crippen LogP) is 1.01. The molecule has 0 radical (unpaired) electrons. The van der Waals surface area contributed by atoms with Crippen LogP contribution in [-0.2, 0) is 19.4 Å². The van der Waals surface area contributed by atoms with Gasteiger partial charge in [-0.3, -0.25) is 4.90 Å². The fourth-order valence-electron chi connectivity index (χ4n) is 3.04. The number of hydrogen-bond donors (Lipinski definition) is 0. The zero-order chi connectivity index (χ0) is 12.4. The Kier molecular flexibility index (Phi) is 3.66. The second-order valence-corrected chi connectivity index (χ2v) is 5.68. The summed E-state index contributed by atoms with van der Waals surface area (Å²) in [5.41, 5.74) is 2.87. The first-order chi connectivity index (χ1) is 8.83. The lowest BCUT2D eigenvalue weighted by Crippen LogP contribution is -2.45. The van der Waals surface area contributed by atoms with Crippen molar-refractivity contribution in [1.82, 2.24) is 19.4 Å². The van der Waals surface area contributed by atoms with E-state index >= 15 is 0 Å². The van der Waals surface area contributed by atoms with E-state index in [9.17, 15) is 0 Å². The molecule has 0 N–H and O–H groups in total. The van der Waals surface area contributed by atoms with Crippen molar-refractivity contribution in [3.63, 3.8) is 0 Å². The summed E-state index contributed by atoms with van der Waals surface area (Å²) < 4.78 is 2.40. The van der Waals surface area contributed by atoms with Crippen LogP contribution in [0, 0.1) is 0 Å². The summed E-state index contributed by atoms with van der Waals surface area (Å²) in [6, 6.07) is 0. The first kappa shape index (κ1) is 12.2. The highest BCUT2D eigenvalue weighted by Crippen LogP contribution is 2.19. The van der Waals surface area contributed by atoms with Crippen LogP contribution in [0.15, 0.2) is 6.33 Å². The van der Waals surface area contributed by atoms with Crippen molar-refractivity contribution in [2.45, 2.75) is 32.2 Å². The van der Waals surface area contributed by atoms with Gasteiger partial charge in [0.1, 0.15) is 0 Å². The Labute approximate surface area is 110 Å². The largest absolute Gasteiger partial charge is 0.333 e. The number of hydrogen-bond acceptors (Lipinski definition) is 3. The average Bonchev–Trinajstić information content (AvgIpc) is 2.82. The highest BCUT2D eigenvalue weighted by Gasteiger charge is 2.17. The molecule has 0 bridgehead atoms. The smallest absolute Gasteiger partial charge is 0.0952 e. The van der Waals surface area contributed by atoms with Gasteiger partial charge < -0.3 is 9.47 Å². The van der Waals surface area contributed by atoms with E-state index in [1.165, 1.54) is 69.8 Å². The number of rotatable bonds is 3. The molecule has 0 unspecified atom stereocenters. The molecule has 0 aromatic carbocycles. The van der Waals surface area contributed by atoms with Gasteiger partial charge in [-0.15, -0.1) is 0 Å². The highest BCUT2D eigenvalue weighted by atomic mass is 15.3. The molecule has 1 saturated heterocycles. The molecule has 4 heteroatoms. The minimum atomic E-state index is 1.12. The fourth-order valence-corrected chi connectivity index (χ4v) is 3.04. The third-order valence-electron chi connectivity index (χ3n) is 4.36. The van der Waals surface area contributed by atoms with Crippen LogP contribution in [0.3, 0.4) is 0 Å². The number of nitrogens with zero attached hydrogens (tertiary/aromatic N) is 4. The summed E-state index contributed by atoms with van der Waals surface area (Å²) in [5.74, 6) is 0. The van der Waals surface area contributed by atoms with Gasteiger partial charge in [-0.25, -0.2) is 4.98 Å². The maximum Gasteiger partial charge on any atom is 0.0952 e. The molecule has 0 spiro atoms. The van der Waals surface area contributed by atoms with Crippen LogP contribution >= 0.6 is 0 Å². The highest BCUT2D eigenvalue weighted by molar-refractivity contribution is 5.16. The molecular weight excluding hydrogens is 224 g/mol. The van der Waals surface area contributed by atoms with Crippen molar-refractivity contribution in [3.8, 4) is 0 Å². The summed E-state index contributed by atoms with van der Waals surface area (Å²) in [7, 11) is 2.21. The van der Waals surface area contributed by atoms with Crippen molar-refractivity contribution in [2.24, 2.45) is 0 Å². The van der Waals surface area contributed by atoms with Crippen LogP contribution in [0.25, 0.3) is 0 Å². The van der Waals surface area contributed by atoms with Crippen LogP contribution in [0.2, 0.25) is 0 Å². The molecule has 1 fully saturated rings. The Balaban J connectivity index is 1.55. The minimum Gasteiger partial charge on any atom is -0.333 e. The van der Waals surface area contributed by atoms with E-state index in [-0.39, 0.29) is 0 Å². The van der Waals surface area contributed by atoms with Crippen LogP contribution in [0.1, 0.15) is 24.2 Å². The van der Waals surface area contributed by atoms with Crippen molar-refractivity contribution < 1.29 is 0 Å². The molecule has 0 amide bonds. The number of aromatic nitrogens is 2. The van der Waals surface area contributed by atoms with Crippen LogP contribution < -0.4 is 0 Å². The Morgan fingerprint density at radius 2 is 1.83 bits per heavy atom. The summed E-state index contributed by atoms with van der Waals surface area (Å²) in [6.45, 7) is 7.15. The number of imidazole rings is 1. The number of fused-ring (bicyclic) bond motifs is 1. The standard InChI is InChI=1S/C14H24N4/c1-16-6-8-17(9-7-16)10-11-18-12-15-13-4-2-3-5-14(13)18/h12H,2-11H2,1H3. The fraction of sp³-hybridized carbons (Fsp3) is 0.786.